The highest BCUT2D eigenvalue weighted by molar-refractivity contribution is 8.00. The SMILES string of the molecule is CN(C)c1cnc(C#N)c(SC2CCCCC2)c1. The molecule has 0 atom stereocenters. The maximum Gasteiger partial charge on any atom is 0.154 e. The van der Waals surface area contributed by atoms with Crippen LogP contribution in [0.25, 0.3) is 0 Å². The summed E-state index contributed by atoms with van der Waals surface area (Å²) in [5, 5.41) is 9.80. The third-order valence-corrected chi connectivity index (χ3v) is 4.68. The Bertz CT molecular complexity index is 445. The molecule has 0 aromatic carbocycles. The lowest BCUT2D eigenvalue weighted by Gasteiger charge is -2.22. The van der Waals surface area contributed by atoms with Gasteiger partial charge in [0.1, 0.15) is 6.07 Å². The summed E-state index contributed by atoms with van der Waals surface area (Å²) in [4.78, 5) is 7.32. The minimum atomic E-state index is 0.566. The first kappa shape index (κ1) is 13.2. The van der Waals surface area contributed by atoms with E-state index in [1.54, 1.807) is 6.20 Å². The number of rotatable bonds is 3. The van der Waals surface area contributed by atoms with Gasteiger partial charge in [0.05, 0.1) is 11.9 Å². The summed E-state index contributed by atoms with van der Waals surface area (Å²) in [6.07, 6.45) is 8.30. The van der Waals surface area contributed by atoms with Crippen molar-refractivity contribution in [2.24, 2.45) is 0 Å². The molecule has 0 radical (unpaired) electrons. The Kier molecular flexibility index (Phi) is 4.48. The van der Waals surface area contributed by atoms with E-state index in [-0.39, 0.29) is 0 Å². The van der Waals surface area contributed by atoms with Gasteiger partial charge in [-0.25, -0.2) is 4.98 Å². The number of hydrogen-bond acceptors (Lipinski definition) is 4. The topological polar surface area (TPSA) is 39.9 Å². The van der Waals surface area contributed by atoms with Crippen LogP contribution >= 0.6 is 11.8 Å². The molecule has 1 saturated carbocycles. The molecule has 1 aliphatic rings. The minimum absolute atomic E-state index is 0.566. The van der Waals surface area contributed by atoms with Crippen molar-refractivity contribution in [1.82, 2.24) is 4.98 Å². The summed E-state index contributed by atoms with van der Waals surface area (Å²) in [6.45, 7) is 0. The number of thioether (sulfide) groups is 1. The van der Waals surface area contributed by atoms with Crippen molar-refractivity contribution in [2.45, 2.75) is 42.2 Å². The van der Waals surface area contributed by atoms with Gasteiger partial charge < -0.3 is 4.90 Å². The van der Waals surface area contributed by atoms with Gasteiger partial charge in [0.2, 0.25) is 0 Å². The maximum atomic E-state index is 9.14. The zero-order valence-corrected chi connectivity index (χ0v) is 11.8. The van der Waals surface area contributed by atoms with Crippen molar-refractivity contribution in [3.8, 4) is 6.07 Å². The van der Waals surface area contributed by atoms with E-state index in [1.165, 1.54) is 32.1 Å². The second-order valence-corrected chi connectivity index (χ2v) is 6.27. The van der Waals surface area contributed by atoms with Crippen LogP contribution in [-0.2, 0) is 0 Å². The van der Waals surface area contributed by atoms with Crippen LogP contribution in [0.15, 0.2) is 17.2 Å². The van der Waals surface area contributed by atoms with Crippen LogP contribution in [0.1, 0.15) is 37.8 Å². The quantitative estimate of drug-likeness (QED) is 0.835. The summed E-state index contributed by atoms with van der Waals surface area (Å²) >= 11 is 1.84. The van der Waals surface area contributed by atoms with Crippen LogP contribution in [-0.4, -0.2) is 24.3 Å². The Morgan fingerprint density at radius 1 is 1.33 bits per heavy atom. The van der Waals surface area contributed by atoms with Crippen LogP contribution in [0.3, 0.4) is 0 Å². The van der Waals surface area contributed by atoms with Gasteiger partial charge >= 0.3 is 0 Å². The van der Waals surface area contributed by atoms with Gasteiger partial charge in [0.15, 0.2) is 5.69 Å². The fourth-order valence-electron chi connectivity index (χ4n) is 2.22. The molecule has 2 rings (SSSR count). The van der Waals surface area contributed by atoms with Crippen molar-refractivity contribution in [1.29, 1.82) is 5.26 Å². The molecule has 0 N–H and O–H groups in total. The monoisotopic (exact) mass is 261 g/mol. The molecule has 0 saturated heterocycles. The molecule has 18 heavy (non-hydrogen) atoms. The van der Waals surface area contributed by atoms with E-state index in [2.05, 4.69) is 17.1 Å². The molecular formula is C14H19N3S. The Morgan fingerprint density at radius 2 is 2.06 bits per heavy atom. The van der Waals surface area contributed by atoms with E-state index in [4.69, 9.17) is 5.26 Å². The number of pyridine rings is 1. The molecule has 1 fully saturated rings. The number of anilines is 1. The molecule has 0 aliphatic heterocycles. The van der Waals surface area contributed by atoms with E-state index in [0.717, 1.165) is 10.6 Å². The number of hydrogen-bond donors (Lipinski definition) is 0. The van der Waals surface area contributed by atoms with Gasteiger partial charge in [-0.05, 0) is 18.9 Å². The van der Waals surface area contributed by atoms with Crippen molar-refractivity contribution in [3.63, 3.8) is 0 Å². The Labute approximate surface area is 113 Å². The van der Waals surface area contributed by atoms with Crippen LogP contribution < -0.4 is 4.90 Å². The molecule has 0 amide bonds. The van der Waals surface area contributed by atoms with Crippen LogP contribution in [0.2, 0.25) is 0 Å². The molecule has 0 bridgehead atoms. The Morgan fingerprint density at radius 3 is 2.67 bits per heavy atom. The third-order valence-electron chi connectivity index (χ3n) is 3.31. The molecule has 0 spiro atoms. The highest BCUT2D eigenvalue weighted by atomic mass is 32.2. The third kappa shape index (κ3) is 3.17. The van der Waals surface area contributed by atoms with Crippen molar-refractivity contribution in [3.05, 3.63) is 18.0 Å². The lowest BCUT2D eigenvalue weighted by atomic mass is 10.0. The van der Waals surface area contributed by atoms with Gasteiger partial charge in [0.25, 0.3) is 0 Å². The fourth-order valence-corrected chi connectivity index (χ4v) is 3.54. The molecule has 0 unspecified atom stereocenters. The van der Waals surface area contributed by atoms with E-state index in [0.29, 0.717) is 10.9 Å². The van der Waals surface area contributed by atoms with E-state index in [1.807, 2.05) is 30.8 Å². The predicted molar refractivity (Wildman–Crippen MR) is 76.0 cm³/mol. The summed E-state index contributed by atoms with van der Waals surface area (Å²) < 4.78 is 0. The zero-order valence-electron chi connectivity index (χ0n) is 11.0. The number of aromatic nitrogens is 1. The maximum absolute atomic E-state index is 9.14. The van der Waals surface area contributed by atoms with Gasteiger partial charge in [-0.2, -0.15) is 5.26 Å². The van der Waals surface area contributed by atoms with E-state index < -0.39 is 0 Å². The summed E-state index contributed by atoms with van der Waals surface area (Å²) in [6, 6.07) is 4.29. The molecule has 96 valence electrons. The fraction of sp³-hybridized carbons (Fsp3) is 0.571. The predicted octanol–water partition coefficient (Wildman–Crippen LogP) is 3.44. The molecule has 1 heterocycles. The average molecular weight is 261 g/mol. The van der Waals surface area contributed by atoms with Gasteiger partial charge in [-0.3, -0.25) is 0 Å². The number of nitriles is 1. The smallest absolute Gasteiger partial charge is 0.154 e. The Hall–Kier alpha value is -1.21. The molecule has 1 aromatic heterocycles. The van der Waals surface area contributed by atoms with Crippen molar-refractivity contribution >= 4 is 17.4 Å². The summed E-state index contributed by atoms with van der Waals surface area (Å²) in [5.41, 5.74) is 1.63. The standard InChI is InChI=1S/C14H19N3S/c1-17(2)11-8-14(13(9-15)16-10-11)18-12-6-4-3-5-7-12/h8,10,12H,3-7H2,1-2H3. The number of nitrogens with zero attached hydrogens (tertiary/aromatic N) is 3. The lowest BCUT2D eigenvalue weighted by Crippen LogP contribution is -2.11. The normalized spacial score (nSPS) is 16.3. The first-order valence-electron chi connectivity index (χ1n) is 6.45. The van der Waals surface area contributed by atoms with Gasteiger partial charge in [-0.1, -0.05) is 19.3 Å². The van der Waals surface area contributed by atoms with Gasteiger partial charge in [0, 0.05) is 24.2 Å². The first-order valence-corrected chi connectivity index (χ1v) is 7.33. The van der Waals surface area contributed by atoms with Crippen LogP contribution in [0, 0.1) is 11.3 Å². The van der Waals surface area contributed by atoms with Crippen LogP contribution in [0.5, 0.6) is 0 Å². The van der Waals surface area contributed by atoms with Crippen LogP contribution in [0.4, 0.5) is 5.69 Å². The molecule has 1 aromatic rings. The molecule has 3 nitrogen and oxygen atoms in total. The summed E-state index contributed by atoms with van der Waals surface area (Å²) in [5.74, 6) is 0. The molecule has 4 heteroatoms. The van der Waals surface area contributed by atoms with Crippen molar-refractivity contribution in [2.75, 3.05) is 19.0 Å². The molecular weight excluding hydrogens is 242 g/mol. The zero-order chi connectivity index (χ0) is 13.0. The van der Waals surface area contributed by atoms with Crippen molar-refractivity contribution < 1.29 is 0 Å². The highest BCUT2D eigenvalue weighted by Crippen LogP contribution is 2.35. The second kappa shape index (κ2) is 6.10. The molecule has 1 aliphatic carbocycles. The van der Waals surface area contributed by atoms with Gasteiger partial charge in [-0.15, -0.1) is 11.8 Å². The lowest BCUT2D eigenvalue weighted by molar-refractivity contribution is 0.516. The minimum Gasteiger partial charge on any atom is -0.376 e. The first-order chi connectivity index (χ1) is 8.70. The van der Waals surface area contributed by atoms with E-state index in [9.17, 15) is 0 Å². The second-order valence-electron chi connectivity index (χ2n) is 4.92. The van der Waals surface area contributed by atoms with E-state index >= 15 is 0 Å². The Balaban J connectivity index is 2.18. The largest absolute Gasteiger partial charge is 0.376 e. The summed E-state index contributed by atoms with van der Waals surface area (Å²) in [7, 11) is 4.00. The average Bonchev–Trinajstić information content (AvgIpc) is 2.39. The highest BCUT2D eigenvalue weighted by Gasteiger charge is 2.17.